The second-order valence-corrected chi connectivity index (χ2v) is 17.1. The number of carbonyl (C=O) groups is 3. The Morgan fingerprint density at radius 1 is 1.02 bits per heavy atom. The molecule has 3 aromatic rings. The number of aromatic nitrogens is 2. The largest absolute Gasteiger partial charge is 0.453 e. The summed E-state index contributed by atoms with van der Waals surface area (Å²) in [6.45, 7) is 10.4. The predicted octanol–water partition coefficient (Wildman–Crippen LogP) is 6.85. The van der Waals surface area contributed by atoms with Crippen LogP contribution in [0.5, 0.6) is 0 Å². The number of nitrogens with one attached hydrogen (secondary N) is 4. The van der Waals surface area contributed by atoms with E-state index in [4.69, 9.17) is 9.47 Å². The van der Waals surface area contributed by atoms with Crippen molar-refractivity contribution in [2.75, 3.05) is 20.2 Å². The summed E-state index contributed by atoms with van der Waals surface area (Å²) in [5, 5.41) is 9.45. The molecule has 12 nitrogen and oxygen atoms in total. The number of aromatic amines is 1. The number of carbonyl (C=O) groups excluding carboxylic acids is 3. The number of halogens is 2. The first-order valence-corrected chi connectivity index (χ1v) is 19.2. The Bertz CT molecular complexity index is 2070. The third-order valence-electron chi connectivity index (χ3n) is 11.7. The van der Waals surface area contributed by atoms with Gasteiger partial charge in [-0.3, -0.25) is 4.79 Å². The van der Waals surface area contributed by atoms with Crippen LogP contribution in [0.15, 0.2) is 48.8 Å². The van der Waals surface area contributed by atoms with Crippen molar-refractivity contribution < 1.29 is 32.6 Å². The normalized spacial score (nSPS) is 23.5. The molecule has 4 atom stereocenters. The van der Waals surface area contributed by atoms with E-state index in [1.165, 1.54) is 13.2 Å². The van der Waals surface area contributed by atoms with Crippen LogP contribution < -0.4 is 16.0 Å². The Morgan fingerprint density at radius 2 is 1.71 bits per heavy atom. The van der Waals surface area contributed by atoms with E-state index in [-0.39, 0.29) is 52.7 Å². The van der Waals surface area contributed by atoms with E-state index in [0.717, 1.165) is 32.1 Å². The van der Waals surface area contributed by atoms with Crippen LogP contribution in [0, 0.1) is 11.3 Å². The maximum Gasteiger partial charge on any atom is 0.410 e. The zero-order valence-electron chi connectivity index (χ0n) is 32.1. The maximum absolute atomic E-state index is 16.4. The van der Waals surface area contributed by atoms with Crippen molar-refractivity contribution in [3.8, 4) is 22.4 Å². The van der Waals surface area contributed by atoms with Crippen LogP contribution in [0.4, 0.5) is 18.4 Å². The standard InChI is InChI=1S/C41H49F2N7O5/c1-22(2)33(48-37(52)54-6)36(51)50-21-40(13-14-40)18-32(50)35-45-20-30(47-35)24-10-12-26-25-11-9-23(16-27(25)41(42,43)28(26)17-24)29-19-44-34(46-29)31-8-7-15-49(31)38(53)55-39(3,4)5/h9-12,16-17,19-20,22,31-34,44,46H,7-8,13-15,18,21H2,1-6H3,(H,45,47)(H,48,52)/t31-,32-,33-,34?/m0/s1. The summed E-state index contributed by atoms with van der Waals surface area (Å²) >= 11 is 0. The lowest BCUT2D eigenvalue weighted by Crippen LogP contribution is -2.52. The molecule has 4 N–H and O–H groups in total. The molecule has 3 fully saturated rings. The minimum Gasteiger partial charge on any atom is -0.453 e. The highest BCUT2D eigenvalue weighted by atomic mass is 19.3. The Hall–Kier alpha value is -5.14. The molecule has 5 aliphatic rings. The highest BCUT2D eigenvalue weighted by Gasteiger charge is 2.55. The van der Waals surface area contributed by atoms with Crippen LogP contribution in [0.1, 0.15) is 95.3 Å². The zero-order valence-corrected chi connectivity index (χ0v) is 32.1. The SMILES string of the molecule is COC(=O)N[C@H](C(=O)N1CC2(CC2)C[C@H]1c1ncc(-c2ccc3c(c2)C(F)(F)c2cc(C4=CNC([C@@H]5CCCN5C(=O)OC(C)(C)C)N4)ccc2-3)[nH]1)C(C)C. The molecule has 1 unspecified atom stereocenters. The Balaban J connectivity index is 0.998. The molecule has 2 saturated heterocycles. The van der Waals surface area contributed by atoms with Crippen molar-refractivity contribution in [3.63, 3.8) is 0 Å². The highest BCUT2D eigenvalue weighted by Crippen LogP contribution is 2.58. The van der Waals surface area contributed by atoms with Gasteiger partial charge < -0.3 is 40.2 Å². The number of benzene rings is 2. The van der Waals surface area contributed by atoms with Crippen LogP contribution in [0.3, 0.4) is 0 Å². The van der Waals surface area contributed by atoms with Crippen molar-refractivity contribution >= 4 is 23.8 Å². The lowest BCUT2D eigenvalue weighted by atomic mass is 10.0. The molecule has 2 aliphatic carbocycles. The van der Waals surface area contributed by atoms with Gasteiger partial charge in [-0.2, -0.15) is 8.78 Å². The monoisotopic (exact) mass is 757 g/mol. The number of hydrogen-bond donors (Lipinski definition) is 4. The van der Waals surface area contributed by atoms with E-state index in [0.29, 0.717) is 52.6 Å². The molecular formula is C41H49F2N7O5. The second-order valence-electron chi connectivity index (χ2n) is 17.1. The number of rotatable bonds is 7. The van der Waals surface area contributed by atoms with E-state index in [1.807, 2.05) is 46.8 Å². The van der Waals surface area contributed by atoms with Gasteiger partial charge in [0.05, 0.1) is 36.8 Å². The van der Waals surface area contributed by atoms with Gasteiger partial charge in [-0.25, -0.2) is 14.6 Å². The summed E-state index contributed by atoms with van der Waals surface area (Å²) in [4.78, 5) is 50.5. The Kier molecular flexibility index (Phi) is 8.88. The fourth-order valence-corrected chi connectivity index (χ4v) is 8.64. The highest BCUT2D eigenvalue weighted by molar-refractivity contribution is 5.87. The van der Waals surface area contributed by atoms with Gasteiger partial charge in [-0.05, 0) is 93.0 Å². The number of ether oxygens (including phenoxy) is 2. The summed E-state index contributed by atoms with van der Waals surface area (Å²) in [7, 11) is 1.27. The lowest BCUT2D eigenvalue weighted by molar-refractivity contribution is -0.135. The van der Waals surface area contributed by atoms with Crippen LogP contribution in [0.2, 0.25) is 0 Å². The quantitative estimate of drug-likeness (QED) is 0.205. The number of likely N-dealkylation sites (tertiary alicyclic amines) is 2. The number of hydrogen-bond acceptors (Lipinski definition) is 8. The number of nitrogens with zero attached hydrogens (tertiary/aromatic N) is 3. The van der Waals surface area contributed by atoms with E-state index in [9.17, 15) is 14.4 Å². The van der Waals surface area contributed by atoms with Gasteiger partial charge in [0.1, 0.15) is 23.6 Å². The van der Waals surface area contributed by atoms with Gasteiger partial charge in [0.25, 0.3) is 5.92 Å². The summed E-state index contributed by atoms with van der Waals surface area (Å²) in [6, 6.07) is 8.95. The number of fused-ring (bicyclic) bond motifs is 3. The fourth-order valence-electron chi connectivity index (χ4n) is 8.64. The van der Waals surface area contributed by atoms with Crippen molar-refractivity contribution in [2.24, 2.45) is 11.3 Å². The molecule has 4 heterocycles. The average molecular weight is 758 g/mol. The summed E-state index contributed by atoms with van der Waals surface area (Å²) < 4.78 is 43.2. The molecule has 3 amide bonds. The van der Waals surface area contributed by atoms with Gasteiger partial charge in [-0.15, -0.1) is 0 Å². The number of methoxy groups -OCH3 is 1. The van der Waals surface area contributed by atoms with Gasteiger partial charge in [0.2, 0.25) is 5.91 Å². The first-order valence-electron chi connectivity index (χ1n) is 19.2. The Morgan fingerprint density at radius 3 is 2.36 bits per heavy atom. The summed E-state index contributed by atoms with van der Waals surface area (Å²) in [5.74, 6) is -3.03. The topological polar surface area (TPSA) is 141 Å². The van der Waals surface area contributed by atoms with Gasteiger partial charge in [-0.1, -0.05) is 38.1 Å². The molecule has 1 aromatic heterocycles. The molecule has 0 radical (unpaired) electrons. The molecule has 292 valence electrons. The number of alkyl halides is 2. The lowest BCUT2D eigenvalue weighted by Gasteiger charge is -2.32. The van der Waals surface area contributed by atoms with E-state index >= 15 is 8.78 Å². The number of alkyl carbamates (subject to hydrolysis) is 1. The third kappa shape index (κ3) is 6.67. The molecule has 0 bridgehead atoms. The molecular weight excluding hydrogens is 708 g/mol. The van der Waals surface area contributed by atoms with Gasteiger partial charge >= 0.3 is 12.2 Å². The number of H-pyrrole nitrogens is 1. The smallest absolute Gasteiger partial charge is 0.410 e. The number of amides is 3. The molecule has 2 aromatic carbocycles. The fraction of sp³-hybridized carbons (Fsp3) is 0.512. The predicted molar refractivity (Wildman–Crippen MR) is 201 cm³/mol. The zero-order chi connectivity index (χ0) is 39.0. The third-order valence-corrected chi connectivity index (χ3v) is 11.7. The van der Waals surface area contributed by atoms with Crippen molar-refractivity contribution in [2.45, 2.75) is 103 Å². The van der Waals surface area contributed by atoms with E-state index in [1.54, 1.807) is 40.4 Å². The molecule has 1 spiro atoms. The summed E-state index contributed by atoms with van der Waals surface area (Å²) in [6.07, 6.45) is 6.50. The van der Waals surface area contributed by atoms with Crippen LogP contribution >= 0.6 is 0 Å². The van der Waals surface area contributed by atoms with E-state index < -0.39 is 23.7 Å². The number of imidazole rings is 1. The first-order chi connectivity index (χ1) is 26.1. The molecule has 1 saturated carbocycles. The van der Waals surface area contributed by atoms with Gasteiger partial charge in [0, 0.05) is 36.0 Å². The van der Waals surface area contributed by atoms with Crippen LogP contribution in [-0.2, 0) is 20.2 Å². The molecule has 8 rings (SSSR count). The second kappa shape index (κ2) is 13.3. The summed E-state index contributed by atoms with van der Waals surface area (Å²) in [5.41, 5.74) is 2.65. The minimum atomic E-state index is -3.25. The molecule has 55 heavy (non-hydrogen) atoms. The van der Waals surface area contributed by atoms with Crippen LogP contribution in [0.25, 0.3) is 28.1 Å². The van der Waals surface area contributed by atoms with Gasteiger partial charge in [0.15, 0.2) is 0 Å². The van der Waals surface area contributed by atoms with Crippen molar-refractivity contribution in [1.82, 2.24) is 35.7 Å². The molecule has 3 aliphatic heterocycles. The average Bonchev–Trinajstić information content (AvgIpc) is 3.73. The molecule has 14 heteroatoms. The van der Waals surface area contributed by atoms with Crippen LogP contribution in [-0.4, -0.2) is 81.9 Å². The maximum atomic E-state index is 16.4. The van der Waals surface area contributed by atoms with Crippen molar-refractivity contribution in [3.05, 3.63) is 71.3 Å². The minimum absolute atomic E-state index is 0.0261. The Labute approximate surface area is 319 Å². The van der Waals surface area contributed by atoms with Crippen molar-refractivity contribution in [1.29, 1.82) is 0 Å². The first kappa shape index (κ1) is 36.8. The van der Waals surface area contributed by atoms with E-state index in [2.05, 4.69) is 25.9 Å².